The summed E-state index contributed by atoms with van der Waals surface area (Å²) in [6.07, 6.45) is 29.0. The number of benzene rings is 16. The molecule has 0 fully saturated rings. The molecular weight excluding hydrogens is 1670 g/mol. The fourth-order valence-corrected chi connectivity index (χ4v) is 29.6. The molecule has 4 heteroatoms. The predicted molar refractivity (Wildman–Crippen MR) is 577 cm³/mol. The molecule has 0 saturated heterocycles. The molecule has 0 radical (unpaired) electrons. The van der Waals surface area contributed by atoms with Crippen molar-refractivity contribution >= 4 is 82.9 Å². The summed E-state index contributed by atoms with van der Waals surface area (Å²) in [4.78, 5) is 2.78. The lowest BCUT2D eigenvalue weighted by Crippen LogP contribution is -2.33. The van der Waals surface area contributed by atoms with Crippen LogP contribution in [0.1, 0.15) is 299 Å². The molecule has 3 heterocycles. The van der Waals surface area contributed by atoms with Crippen molar-refractivity contribution in [2.24, 2.45) is 0 Å². The number of anilines is 3. The number of para-hydroxylation sites is 3. The SMILES string of the molecule is CCCCCCCC1(CCCCCCC)c2ccccc2-c2c1c1c(c3c2oc2ccccc23)-c2ccc(N(c3ccc4c(c3)C(C)(C)c3cc5c(cc3-4)C(C)(C)c3ccc4oc6ccccc6c4c3-5)c3ccc4c(c3)C3(c5ccccc5-c5ccccc53)c3cc5c(cc3-4)C3(c4ccccc4-c4ccccc43)c3ccc4oc6ccccc6c4c3-5)cc2C1(CCCCCCC)CCCCCCC. The number of hydrogen-bond donors (Lipinski definition) is 0. The normalized spacial score (nSPS) is 15.7. The number of furan rings is 3. The van der Waals surface area contributed by atoms with Crippen LogP contribution in [0, 0.1) is 0 Å². The smallest absolute Gasteiger partial charge is 0.144 e. The van der Waals surface area contributed by atoms with Crippen LogP contribution < -0.4 is 4.90 Å². The molecule has 8 aliphatic rings. The Morgan fingerprint density at radius 3 is 1.05 bits per heavy atom. The lowest BCUT2D eigenvalue weighted by atomic mass is 9.62. The van der Waals surface area contributed by atoms with E-state index >= 15 is 0 Å². The van der Waals surface area contributed by atoms with Crippen LogP contribution in [0.2, 0.25) is 0 Å². The second-order valence-electron chi connectivity index (χ2n) is 43.4. The first kappa shape index (κ1) is 84.0. The average Bonchev–Trinajstić information content (AvgIpc) is 1.48. The van der Waals surface area contributed by atoms with Gasteiger partial charge in [0, 0.05) is 76.6 Å². The van der Waals surface area contributed by atoms with Gasteiger partial charge in [0.1, 0.15) is 33.5 Å². The average molecular weight is 1790 g/mol. The van der Waals surface area contributed by atoms with E-state index in [1.807, 2.05) is 0 Å². The summed E-state index contributed by atoms with van der Waals surface area (Å²) >= 11 is 0. The van der Waals surface area contributed by atoms with Gasteiger partial charge in [0.25, 0.3) is 0 Å². The summed E-state index contributed by atoms with van der Waals surface area (Å²) in [5.41, 5.74) is 50.2. The third kappa shape index (κ3) is 11.4. The maximum atomic E-state index is 7.80. The molecule has 0 atom stereocenters. The fourth-order valence-electron chi connectivity index (χ4n) is 29.6. The molecule has 19 aromatic rings. The van der Waals surface area contributed by atoms with Crippen molar-refractivity contribution in [1.29, 1.82) is 0 Å². The Bertz CT molecular complexity index is 8200. The first-order valence-corrected chi connectivity index (χ1v) is 52.9. The number of nitrogens with zero attached hydrogens (tertiary/aromatic N) is 1. The van der Waals surface area contributed by atoms with Gasteiger partial charge >= 0.3 is 0 Å². The van der Waals surface area contributed by atoms with E-state index < -0.39 is 16.2 Å². The van der Waals surface area contributed by atoms with Crippen molar-refractivity contribution < 1.29 is 13.3 Å². The van der Waals surface area contributed by atoms with Crippen molar-refractivity contribution in [2.45, 2.75) is 242 Å². The second kappa shape index (κ2) is 31.6. The molecule has 16 aromatic carbocycles. The number of hydrogen-bond acceptors (Lipinski definition) is 4. The van der Waals surface area contributed by atoms with Gasteiger partial charge in [0.05, 0.1) is 10.8 Å². The lowest BCUT2D eigenvalue weighted by molar-refractivity contribution is 0.369. The highest BCUT2D eigenvalue weighted by atomic mass is 16.3. The molecule has 4 nitrogen and oxygen atoms in total. The molecule has 138 heavy (non-hydrogen) atoms. The van der Waals surface area contributed by atoms with Gasteiger partial charge in [0.15, 0.2) is 0 Å². The minimum atomic E-state index is -0.759. The van der Waals surface area contributed by atoms with E-state index in [9.17, 15) is 0 Å². The standard InChI is InChI=1S/C134H121NO3/c1-9-13-17-21-41-71-131(72-42-22-18-14-10-2)100-53-33-29-49-91(100)125-127(131)126-123(124-95-52-32-40-60-116(95)138-128(124)125)92-66-63-83(76-110(92)132(126,73-43-23-19-15-11-3)74-44-24-20-16-12-4)135(82-61-64-89-96-78-109-98(80-108(96)130(7,8)107(89)75-82)119-105(129(109,5)6)67-69-117-121(119)93-50-30-38-58-114(93)136-117)84-62-65-90-97-79-113-99(81-112(97)134(111(90)77-84)103-56-36-27-47-87(103)88-48-28-37-57-104(88)134)120-106(68-70-118-122(120)94-51-31-39-59-115(94)137-118)133(113)101-54-34-25-45-85(101)86-46-26-35-55-102(86)133/h25-40,45-70,75-81H,9-24,41-44,71-74H2,1-8H3. The van der Waals surface area contributed by atoms with Crippen LogP contribution in [-0.2, 0) is 32.5 Å². The van der Waals surface area contributed by atoms with E-state index in [4.69, 9.17) is 13.3 Å². The molecule has 0 amide bonds. The lowest BCUT2D eigenvalue weighted by Gasteiger charge is -2.40. The van der Waals surface area contributed by atoms with E-state index in [0.717, 1.165) is 88.8 Å². The number of unbranched alkanes of at least 4 members (excludes halogenated alkanes) is 16. The minimum absolute atomic E-state index is 0.229. The zero-order valence-electron chi connectivity index (χ0n) is 81.4. The maximum Gasteiger partial charge on any atom is 0.144 e. The van der Waals surface area contributed by atoms with Crippen LogP contribution in [0.5, 0.6) is 0 Å². The summed E-state index contributed by atoms with van der Waals surface area (Å²) in [7, 11) is 0. The molecule has 0 bridgehead atoms. The van der Waals surface area contributed by atoms with Crippen LogP contribution in [0.15, 0.2) is 311 Å². The summed E-state index contributed by atoms with van der Waals surface area (Å²) in [5.74, 6) is 0. The Morgan fingerprint density at radius 1 is 0.210 bits per heavy atom. The van der Waals surface area contributed by atoms with Gasteiger partial charge in [-0.15, -0.1) is 0 Å². The first-order valence-electron chi connectivity index (χ1n) is 52.9. The van der Waals surface area contributed by atoms with Gasteiger partial charge in [0.2, 0.25) is 0 Å². The monoisotopic (exact) mass is 1790 g/mol. The fraction of sp³-hybridized carbons (Fsp3) is 0.284. The molecule has 680 valence electrons. The molecule has 0 saturated carbocycles. The second-order valence-corrected chi connectivity index (χ2v) is 43.4. The quantitative estimate of drug-likeness (QED) is 0.0481. The maximum absolute atomic E-state index is 7.80. The van der Waals surface area contributed by atoms with Crippen LogP contribution >= 0.6 is 0 Å². The van der Waals surface area contributed by atoms with E-state index in [0.29, 0.717) is 0 Å². The van der Waals surface area contributed by atoms with Gasteiger partial charge in [-0.2, -0.15) is 0 Å². The molecular formula is C134H121NO3. The highest BCUT2D eigenvalue weighted by Crippen LogP contribution is 2.73. The van der Waals surface area contributed by atoms with Crippen molar-refractivity contribution in [3.8, 4) is 89.0 Å². The molecule has 0 N–H and O–H groups in total. The number of fused-ring (bicyclic) bond motifs is 46. The van der Waals surface area contributed by atoms with Crippen molar-refractivity contribution in [2.75, 3.05) is 4.90 Å². The molecule has 0 unspecified atom stereocenters. The van der Waals surface area contributed by atoms with Gasteiger partial charge in [-0.25, -0.2) is 0 Å². The summed E-state index contributed by atoms with van der Waals surface area (Å²) in [6.45, 7) is 19.5. The Morgan fingerprint density at radius 2 is 0.529 bits per heavy atom. The molecule has 3 aromatic heterocycles. The summed E-state index contributed by atoms with van der Waals surface area (Å²) in [6, 6.07) is 118. The highest BCUT2D eigenvalue weighted by Gasteiger charge is 2.59. The van der Waals surface area contributed by atoms with Crippen LogP contribution in [-0.4, -0.2) is 0 Å². The highest BCUT2D eigenvalue weighted by molar-refractivity contribution is 6.22. The first-order chi connectivity index (χ1) is 67.8. The molecule has 2 spiro atoms. The molecule has 8 aliphatic carbocycles. The summed E-state index contributed by atoms with van der Waals surface area (Å²) in [5, 5.41) is 7.27. The third-order valence-corrected chi connectivity index (χ3v) is 35.6. The molecule has 0 aliphatic heterocycles. The van der Waals surface area contributed by atoms with Gasteiger partial charge in [-0.05, 0) is 289 Å². The predicted octanol–water partition coefficient (Wildman–Crippen LogP) is 38.1. The zero-order chi connectivity index (χ0) is 92.5. The van der Waals surface area contributed by atoms with E-state index in [2.05, 4.69) is 358 Å². The Labute approximate surface area is 812 Å². The molecule has 27 rings (SSSR count). The van der Waals surface area contributed by atoms with Crippen LogP contribution in [0.4, 0.5) is 17.1 Å². The zero-order valence-corrected chi connectivity index (χ0v) is 81.4. The topological polar surface area (TPSA) is 42.7 Å². The van der Waals surface area contributed by atoms with Gasteiger partial charge < -0.3 is 18.2 Å². The van der Waals surface area contributed by atoms with Crippen molar-refractivity contribution in [3.05, 3.63) is 386 Å². The van der Waals surface area contributed by atoms with E-state index in [1.165, 1.54) is 310 Å². The van der Waals surface area contributed by atoms with E-state index in [1.54, 1.807) is 16.7 Å². The summed E-state index contributed by atoms with van der Waals surface area (Å²) < 4.78 is 21.6. The van der Waals surface area contributed by atoms with Crippen LogP contribution in [0.25, 0.3) is 155 Å². The number of rotatable bonds is 27. The van der Waals surface area contributed by atoms with Crippen LogP contribution in [0.3, 0.4) is 0 Å². The minimum Gasteiger partial charge on any atom is -0.456 e. The van der Waals surface area contributed by atoms with Gasteiger partial charge in [-0.3, -0.25) is 0 Å². The Hall–Kier alpha value is -13.3. The largest absolute Gasteiger partial charge is 0.456 e. The third-order valence-electron chi connectivity index (χ3n) is 35.6. The van der Waals surface area contributed by atoms with Crippen molar-refractivity contribution in [3.63, 3.8) is 0 Å². The van der Waals surface area contributed by atoms with Crippen molar-refractivity contribution in [1.82, 2.24) is 0 Å². The van der Waals surface area contributed by atoms with Gasteiger partial charge in [-0.1, -0.05) is 390 Å². The Kier molecular flexibility index (Phi) is 19.3. The Balaban J connectivity index is 0.731. The van der Waals surface area contributed by atoms with E-state index in [-0.39, 0.29) is 16.2 Å².